The van der Waals surface area contributed by atoms with Crippen molar-refractivity contribution in [3.05, 3.63) is 71.7 Å². The van der Waals surface area contributed by atoms with E-state index in [0.29, 0.717) is 40.9 Å². The number of hydrogen-bond donors (Lipinski definition) is 1. The van der Waals surface area contributed by atoms with E-state index in [1.54, 1.807) is 44.3 Å². The Hall–Kier alpha value is -3.21. The molecular weight excluding hydrogens is 410 g/mol. The summed E-state index contributed by atoms with van der Waals surface area (Å²) < 4.78 is 30.2. The molecule has 0 spiro atoms. The SMILES string of the molecule is Cc1ncc(-c2ccc(S(=O)(=O)C(C)C)cc2)nc1C#Cc1cccc(OCCN)c1. The highest BCUT2D eigenvalue weighted by atomic mass is 32.2. The van der Waals surface area contributed by atoms with Gasteiger partial charge in [-0.25, -0.2) is 13.4 Å². The monoisotopic (exact) mass is 435 g/mol. The Labute approximate surface area is 183 Å². The van der Waals surface area contributed by atoms with Gasteiger partial charge in [0, 0.05) is 17.7 Å². The van der Waals surface area contributed by atoms with Crippen LogP contribution in [-0.4, -0.2) is 36.8 Å². The normalized spacial score (nSPS) is 11.1. The van der Waals surface area contributed by atoms with Crippen molar-refractivity contribution in [2.24, 2.45) is 5.73 Å². The lowest BCUT2D eigenvalue weighted by Gasteiger charge is -2.09. The van der Waals surface area contributed by atoms with Gasteiger partial charge in [0.05, 0.1) is 27.7 Å². The number of rotatable bonds is 6. The lowest BCUT2D eigenvalue weighted by Crippen LogP contribution is -2.13. The molecule has 0 unspecified atom stereocenters. The largest absolute Gasteiger partial charge is 0.492 e. The number of sulfone groups is 1. The fourth-order valence-corrected chi connectivity index (χ4v) is 3.83. The molecule has 2 N–H and O–H groups in total. The summed E-state index contributed by atoms with van der Waals surface area (Å²) in [5.41, 5.74) is 8.94. The Morgan fingerprint density at radius 2 is 1.84 bits per heavy atom. The number of ether oxygens (including phenoxy) is 1. The van der Waals surface area contributed by atoms with Crippen LogP contribution in [0.2, 0.25) is 0 Å². The minimum atomic E-state index is -3.32. The highest BCUT2D eigenvalue weighted by Gasteiger charge is 2.19. The van der Waals surface area contributed by atoms with E-state index in [4.69, 9.17) is 10.5 Å². The molecule has 160 valence electrons. The standard InChI is InChI=1S/C24H25N3O3S/c1-17(2)31(28,29)22-10-8-20(9-11-22)24-16-26-18(3)23(27-24)12-7-19-5-4-6-21(15-19)30-14-13-25/h4-6,8-11,15-17H,13-14,25H2,1-3H3. The first-order valence-corrected chi connectivity index (χ1v) is 11.5. The topological polar surface area (TPSA) is 95.2 Å². The fourth-order valence-electron chi connectivity index (χ4n) is 2.77. The quantitative estimate of drug-likeness (QED) is 0.597. The maximum atomic E-state index is 12.3. The van der Waals surface area contributed by atoms with Crippen molar-refractivity contribution < 1.29 is 13.2 Å². The summed E-state index contributed by atoms with van der Waals surface area (Å²) in [4.78, 5) is 9.32. The third-order valence-corrected chi connectivity index (χ3v) is 6.77. The third kappa shape index (κ3) is 5.48. The van der Waals surface area contributed by atoms with Gasteiger partial charge in [0.25, 0.3) is 0 Å². The molecule has 1 heterocycles. The predicted molar refractivity (Wildman–Crippen MR) is 121 cm³/mol. The van der Waals surface area contributed by atoms with Gasteiger partial charge in [0.15, 0.2) is 9.84 Å². The van der Waals surface area contributed by atoms with Gasteiger partial charge in [0.1, 0.15) is 18.1 Å². The Balaban J connectivity index is 1.88. The summed E-state index contributed by atoms with van der Waals surface area (Å²) in [5, 5.41) is -0.474. The smallest absolute Gasteiger partial charge is 0.180 e. The molecule has 31 heavy (non-hydrogen) atoms. The molecule has 0 amide bonds. The Morgan fingerprint density at radius 1 is 1.10 bits per heavy atom. The molecule has 1 aromatic heterocycles. The molecule has 0 aliphatic carbocycles. The van der Waals surface area contributed by atoms with E-state index in [9.17, 15) is 8.42 Å². The van der Waals surface area contributed by atoms with Gasteiger partial charge in [-0.3, -0.25) is 4.98 Å². The van der Waals surface area contributed by atoms with Crippen molar-refractivity contribution in [3.8, 4) is 28.8 Å². The van der Waals surface area contributed by atoms with Gasteiger partial charge in [-0.15, -0.1) is 0 Å². The van der Waals surface area contributed by atoms with Crippen LogP contribution in [0.5, 0.6) is 5.75 Å². The van der Waals surface area contributed by atoms with Crippen LogP contribution >= 0.6 is 0 Å². The van der Waals surface area contributed by atoms with E-state index in [0.717, 1.165) is 11.1 Å². The average molecular weight is 436 g/mol. The van der Waals surface area contributed by atoms with Crippen molar-refractivity contribution in [1.29, 1.82) is 0 Å². The summed E-state index contributed by atoms with van der Waals surface area (Å²) in [6.45, 7) is 6.07. The number of hydrogen-bond acceptors (Lipinski definition) is 6. The molecule has 0 saturated heterocycles. The van der Waals surface area contributed by atoms with Crippen molar-refractivity contribution in [3.63, 3.8) is 0 Å². The summed E-state index contributed by atoms with van der Waals surface area (Å²) in [7, 11) is -3.32. The van der Waals surface area contributed by atoms with Crippen LogP contribution in [0.4, 0.5) is 0 Å². The zero-order chi connectivity index (χ0) is 22.4. The Bertz CT molecular complexity index is 1220. The van der Waals surface area contributed by atoms with Crippen LogP contribution in [0.1, 0.15) is 30.8 Å². The van der Waals surface area contributed by atoms with Crippen LogP contribution in [0.15, 0.2) is 59.6 Å². The first kappa shape index (κ1) is 22.5. The van der Waals surface area contributed by atoms with Crippen molar-refractivity contribution in [2.45, 2.75) is 30.9 Å². The molecule has 0 fully saturated rings. The first-order chi connectivity index (χ1) is 14.8. The van der Waals surface area contributed by atoms with E-state index in [1.807, 2.05) is 31.2 Å². The number of nitrogens with two attached hydrogens (primary N) is 1. The number of benzene rings is 2. The molecule has 0 bridgehead atoms. The van der Waals surface area contributed by atoms with Gasteiger partial charge in [-0.2, -0.15) is 0 Å². The van der Waals surface area contributed by atoms with Gasteiger partial charge < -0.3 is 10.5 Å². The van der Waals surface area contributed by atoms with Crippen LogP contribution < -0.4 is 10.5 Å². The van der Waals surface area contributed by atoms with E-state index < -0.39 is 15.1 Å². The van der Waals surface area contributed by atoms with Gasteiger partial charge >= 0.3 is 0 Å². The molecule has 0 radical (unpaired) electrons. The van der Waals surface area contributed by atoms with E-state index in [2.05, 4.69) is 21.8 Å². The maximum Gasteiger partial charge on any atom is 0.180 e. The minimum absolute atomic E-state index is 0.295. The van der Waals surface area contributed by atoms with Crippen LogP contribution in [0.25, 0.3) is 11.3 Å². The van der Waals surface area contributed by atoms with Crippen LogP contribution in [-0.2, 0) is 9.84 Å². The minimum Gasteiger partial charge on any atom is -0.492 e. The first-order valence-electron chi connectivity index (χ1n) is 9.94. The fraction of sp³-hybridized carbons (Fsp3) is 0.250. The molecule has 3 rings (SSSR count). The lowest BCUT2D eigenvalue weighted by atomic mass is 10.1. The second kappa shape index (κ2) is 9.73. The molecule has 3 aromatic rings. The van der Waals surface area contributed by atoms with E-state index in [1.165, 1.54) is 0 Å². The highest BCUT2D eigenvalue weighted by Crippen LogP contribution is 2.22. The summed E-state index contributed by atoms with van der Waals surface area (Å²) in [5.74, 6) is 6.88. The third-order valence-electron chi connectivity index (χ3n) is 4.60. The maximum absolute atomic E-state index is 12.3. The second-order valence-electron chi connectivity index (χ2n) is 7.22. The Morgan fingerprint density at radius 3 is 2.52 bits per heavy atom. The zero-order valence-electron chi connectivity index (χ0n) is 17.8. The van der Waals surface area contributed by atoms with E-state index in [-0.39, 0.29) is 0 Å². The zero-order valence-corrected chi connectivity index (χ0v) is 18.6. The average Bonchev–Trinajstić information content (AvgIpc) is 2.77. The van der Waals surface area contributed by atoms with E-state index >= 15 is 0 Å². The van der Waals surface area contributed by atoms with Crippen molar-refractivity contribution in [2.75, 3.05) is 13.2 Å². The van der Waals surface area contributed by atoms with Gasteiger partial charge in [0.2, 0.25) is 0 Å². The predicted octanol–water partition coefficient (Wildman–Crippen LogP) is 3.37. The lowest BCUT2D eigenvalue weighted by molar-refractivity contribution is 0.328. The molecule has 0 aliphatic rings. The summed E-state index contributed by atoms with van der Waals surface area (Å²) >= 11 is 0. The van der Waals surface area contributed by atoms with Crippen LogP contribution in [0, 0.1) is 18.8 Å². The molecular formula is C24H25N3O3S. The van der Waals surface area contributed by atoms with Crippen LogP contribution in [0.3, 0.4) is 0 Å². The molecule has 0 aliphatic heterocycles. The molecule has 0 atom stereocenters. The summed E-state index contributed by atoms with van der Waals surface area (Å²) in [6, 6.07) is 14.2. The highest BCUT2D eigenvalue weighted by molar-refractivity contribution is 7.92. The summed E-state index contributed by atoms with van der Waals surface area (Å²) in [6.07, 6.45) is 1.66. The molecule has 6 nitrogen and oxygen atoms in total. The Kier molecular flexibility index (Phi) is 7.06. The van der Waals surface area contributed by atoms with Gasteiger partial charge in [-0.1, -0.05) is 24.1 Å². The molecule has 2 aromatic carbocycles. The number of aromatic nitrogens is 2. The number of nitrogens with zero attached hydrogens (tertiary/aromatic N) is 2. The van der Waals surface area contributed by atoms with Crippen molar-refractivity contribution >= 4 is 9.84 Å². The van der Waals surface area contributed by atoms with Gasteiger partial charge in [-0.05, 0) is 57.0 Å². The molecule has 7 heteroatoms. The number of aryl methyl sites for hydroxylation is 1. The van der Waals surface area contributed by atoms with Crippen molar-refractivity contribution in [1.82, 2.24) is 9.97 Å². The second-order valence-corrected chi connectivity index (χ2v) is 9.73. The molecule has 0 saturated carbocycles.